The van der Waals surface area contributed by atoms with Gasteiger partial charge in [0.05, 0.1) is 4.83 Å². The van der Waals surface area contributed by atoms with Crippen LogP contribution in [0.2, 0.25) is 0 Å². The fourth-order valence-electron chi connectivity index (χ4n) is 2.12. The lowest BCUT2D eigenvalue weighted by atomic mass is 9.99. The maximum absolute atomic E-state index is 3.79. The van der Waals surface area contributed by atoms with Crippen LogP contribution in [0.25, 0.3) is 0 Å². The molecule has 0 heterocycles. The molecule has 0 aliphatic carbocycles. The Labute approximate surface area is 137 Å². The summed E-state index contributed by atoms with van der Waals surface area (Å²) < 4.78 is 1.27. The molecule has 2 heteroatoms. The minimum Gasteiger partial charge on any atom is -0.0786 e. The highest BCUT2D eigenvalue weighted by Gasteiger charge is 2.10. The predicted molar refractivity (Wildman–Crippen MR) is 94.9 cm³/mol. The standard InChI is InChI=1S/C17H18BrI/c1-12(2)11-13-3-5-14(6-4-13)17(18)15-7-9-16(19)10-8-15/h3-10,12,17H,11H2,1-2H3. The summed E-state index contributed by atoms with van der Waals surface area (Å²) in [6.07, 6.45) is 1.15. The first-order valence-corrected chi connectivity index (χ1v) is 8.54. The first-order valence-electron chi connectivity index (χ1n) is 6.54. The largest absolute Gasteiger partial charge is 0.0786 e. The van der Waals surface area contributed by atoms with Gasteiger partial charge in [0, 0.05) is 3.57 Å². The Kier molecular flexibility index (Phi) is 5.46. The first-order chi connectivity index (χ1) is 9.06. The molecule has 0 saturated heterocycles. The Morgan fingerprint density at radius 1 is 0.895 bits per heavy atom. The molecule has 19 heavy (non-hydrogen) atoms. The summed E-state index contributed by atoms with van der Waals surface area (Å²) in [5.74, 6) is 0.710. The molecule has 100 valence electrons. The Morgan fingerprint density at radius 3 is 1.84 bits per heavy atom. The van der Waals surface area contributed by atoms with Crippen LogP contribution in [0.4, 0.5) is 0 Å². The molecule has 0 nitrogen and oxygen atoms in total. The molecule has 2 rings (SSSR count). The fourth-order valence-corrected chi connectivity index (χ4v) is 3.09. The van der Waals surface area contributed by atoms with Gasteiger partial charge in [-0.3, -0.25) is 0 Å². The number of alkyl halides is 1. The smallest absolute Gasteiger partial charge is 0.0644 e. The van der Waals surface area contributed by atoms with Crippen LogP contribution in [-0.2, 0) is 6.42 Å². The van der Waals surface area contributed by atoms with Gasteiger partial charge in [-0.15, -0.1) is 0 Å². The van der Waals surface area contributed by atoms with E-state index in [-0.39, 0.29) is 4.83 Å². The normalized spacial score (nSPS) is 12.7. The van der Waals surface area contributed by atoms with Crippen LogP contribution in [0.3, 0.4) is 0 Å². The zero-order chi connectivity index (χ0) is 13.8. The first kappa shape index (κ1) is 15.0. The molecule has 0 spiro atoms. The van der Waals surface area contributed by atoms with E-state index in [0.29, 0.717) is 5.92 Å². The maximum Gasteiger partial charge on any atom is 0.0644 e. The lowest BCUT2D eigenvalue weighted by molar-refractivity contribution is 0.647. The summed E-state index contributed by atoms with van der Waals surface area (Å²) in [6.45, 7) is 4.51. The van der Waals surface area contributed by atoms with Crippen LogP contribution in [-0.4, -0.2) is 0 Å². The quantitative estimate of drug-likeness (QED) is 0.415. The van der Waals surface area contributed by atoms with Gasteiger partial charge in [0.2, 0.25) is 0 Å². The summed E-state index contributed by atoms with van der Waals surface area (Å²) in [5.41, 5.74) is 4.03. The van der Waals surface area contributed by atoms with Crippen molar-refractivity contribution in [1.82, 2.24) is 0 Å². The highest BCUT2D eigenvalue weighted by Crippen LogP contribution is 2.31. The van der Waals surface area contributed by atoms with Gasteiger partial charge < -0.3 is 0 Å². The number of halogens is 2. The Balaban J connectivity index is 2.15. The van der Waals surface area contributed by atoms with E-state index in [9.17, 15) is 0 Å². The second kappa shape index (κ2) is 6.89. The highest BCUT2D eigenvalue weighted by atomic mass is 127. The molecular weight excluding hydrogens is 411 g/mol. The zero-order valence-electron chi connectivity index (χ0n) is 11.2. The predicted octanol–water partition coefficient (Wildman–Crippen LogP) is 5.97. The van der Waals surface area contributed by atoms with E-state index in [1.165, 1.54) is 20.3 Å². The second-order valence-corrected chi connectivity index (χ2v) is 7.41. The number of hydrogen-bond donors (Lipinski definition) is 0. The zero-order valence-corrected chi connectivity index (χ0v) is 15.0. The lowest BCUT2D eigenvalue weighted by Crippen LogP contribution is -1.96. The minimum atomic E-state index is 0.276. The monoisotopic (exact) mass is 428 g/mol. The molecule has 0 aliphatic heterocycles. The minimum absolute atomic E-state index is 0.276. The average molecular weight is 429 g/mol. The highest BCUT2D eigenvalue weighted by molar-refractivity contribution is 14.1. The van der Waals surface area contributed by atoms with Crippen LogP contribution in [0.5, 0.6) is 0 Å². The summed E-state index contributed by atoms with van der Waals surface area (Å²) in [5, 5.41) is 0. The number of benzene rings is 2. The van der Waals surface area contributed by atoms with E-state index < -0.39 is 0 Å². The fraction of sp³-hybridized carbons (Fsp3) is 0.294. The maximum atomic E-state index is 3.79. The third-order valence-corrected chi connectivity index (χ3v) is 4.86. The molecule has 1 atom stereocenters. The molecule has 2 aromatic rings. The van der Waals surface area contributed by atoms with Gasteiger partial charge in [-0.25, -0.2) is 0 Å². The molecule has 0 amide bonds. The van der Waals surface area contributed by atoms with Gasteiger partial charge in [0.25, 0.3) is 0 Å². The summed E-state index contributed by atoms with van der Waals surface area (Å²) in [6, 6.07) is 17.6. The van der Waals surface area contributed by atoms with Gasteiger partial charge in [-0.1, -0.05) is 66.2 Å². The van der Waals surface area contributed by atoms with Crippen molar-refractivity contribution in [2.24, 2.45) is 5.92 Å². The molecule has 0 aliphatic rings. The van der Waals surface area contributed by atoms with Crippen LogP contribution in [0.1, 0.15) is 35.4 Å². The summed E-state index contributed by atoms with van der Waals surface area (Å²) >= 11 is 6.13. The Morgan fingerprint density at radius 2 is 1.37 bits per heavy atom. The molecule has 0 radical (unpaired) electrons. The number of rotatable bonds is 4. The van der Waals surface area contributed by atoms with Crippen molar-refractivity contribution in [2.45, 2.75) is 25.1 Å². The summed E-state index contributed by atoms with van der Waals surface area (Å²) in [7, 11) is 0. The number of hydrogen-bond acceptors (Lipinski definition) is 0. The van der Waals surface area contributed by atoms with Crippen LogP contribution >= 0.6 is 38.5 Å². The molecular formula is C17H18BrI. The SMILES string of the molecule is CC(C)Cc1ccc(C(Br)c2ccc(I)cc2)cc1. The van der Waals surface area contributed by atoms with Gasteiger partial charge in [0.15, 0.2) is 0 Å². The molecule has 0 N–H and O–H groups in total. The van der Waals surface area contributed by atoms with Crippen molar-refractivity contribution in [2.75, 3.05) is 0 Å². The molecule has 2 aromatic carbocycles. The molecule has 1 unspecified atom stereocenters. The third kappa shape index (κ3) is 4.32. The second-order valence-electron chi connectivity index (χ2n) is 5.25. The molecule has 0 bridgehead atoms. The van der Waals surface area contributed by atoms with Gasteiger partial charge in [-0.05, 0) is 63.8 Å². The average Bonchev–Trinajstić information content (AvgIpc) is 2.39. The van der Waals surface area contributed by atoms with Crippen molar-refractivity contribution in [3.63, 3.8) is 0 Å². The van der Waals surface area contributed by atoms with Gasteiger partial charge in [0.1, 0.15) is 0 Å². The summed E-state index contributed by atoms with van der Waals surface area (Å²) in [4.78, 5) is 0.276. The van der Waals surface area contributed by atoms with Crippen molar-refractivity contribution in [3.8, 4) is 0 Å². The Bertz CT molecular complexity index is 514. The van der Waals surface area contributed by atoms with E-state index in [1.54, 1.807) is 0 Å². The topological polar surface area (TPSA) is 0 Å². The van der Waals surface area contributed by atoms with Crippen LogP contribution in [0.15, 0.2) is 48.5 Å². The molecule has 0 aromatic heterocycles. The molecule has 0 saturated carbocycles. The van der Waals surface area contributed by atoms with Gasteiger partial charge >= 0.3 is 0 Å². The van der Waals surface area contributed by atoms with Crippen LogP contribution in [0, 0.1) is 9.49 Å². The van der Waals surface area contributed by atoms with E-state index in [4.69, 9.17) is 0 Å². The van der Waals surface area contributed by atoms with E-state index >= 15 is 0 Å². The van der Waals surface area contributed by atoms with Crippen molar-refractivity contribution >= 4 is 38.5 Å². The van der Waals surface area contributed by atoms with Crippen molar-refractivity contribution in [1.29, 1.82) is 0 Å². The molecule has 0 fully saturated rings. The van der Waals surface area contributed by atoms with Gasteiger partial charge in [-0.2, -0.15) is 0 Å². The van der Waals surface area contributed by atoms with E-state index in [2.05, 4.69) is 101 Å². The van der Waals surface area contributed by atoms with Crippen LogP contribution < -0.4 is 0 Å². The van der Waals surface area contributed by atoms with Crippen molar-refractivity contribution in [3.05, 3.63) is 68.8 Å². The van der Waals surface area contributed by atoms with E-state index in [1.807, 2.05) is 0 Å². The third-order valence-electron chi connectivity index (χ3n) is 3.08. The van der Waals surface area contributed by atoms with Crippen molar-refractivity contribution < 1.29 is 0 Å². The van der Waals surface area contributed by atoms with E-state index in [0.717, 1.165) is 6.42 Å². The lowest BCUT2D eigenvalue weighted by Gasteiger charge is -2.12. The Hall–Kier alpha value is -0.350.